The zero-order chi connectivity index (χ0) is 17.4. The Kier molecular flexibility index (Phi) is 9.17. The van der Waals surface area contributed by atoms with Gasteiger partial charge in [-0.2, -0.15) is 0 Å². The third-order valence-electron chi connectivity index (χ3n) is 3.36. The summed E-state index contributed by atoms with van der Waals surface area (Å²) >= 11 is 0. The first-order valence-electron chi connectivity index (χ1n) is 7.85. The predicted octanol–water partition coefficient (Wildman–Crippen LogP) is 2.19. The van der Waals surface area contributed by atoms with Gasteiger partial charge in [-0.25, -0.2) is 4.39 Å². The lowest BCUT2D eigenvalue weighted by atomic mass is 10.3. The van der Waals surface area contributed by atoms with E-state index in [1.54, 1.807) is 25.5 Å². The molecule has 138 valence electrons. The van der Waals surface area contributed by atoms with Crippen LogP contribution in [-0.4, -0.2) is 40.4 Å². The number of ether oxygens (including phenoxy) is 1. The highest BCUT2D eigenvalue weighted by atomic mass is 127. The number of nitrogens with one attached hydrogen (secondary N) is 2. The Morgan fingerprint density at radius 2 is 2.20 bits per heavy atom. The molecule has 1 atom stereocenters. The normalized spacial score (nSPS) is 12.2. The molecule has 0 radical (unpaired) electrons. The Hall–Kier alpha value is -1.91. The second kappa shape index (κ2) is 10.9. The third-order valence-corrected chi connectivity index (χ3v) is 3.36. The molecule has 9 heteroatoms. The molecule has 2 aromatic rings. The zero-order valence-corrected chi connectivity index (χ0v) is 16.9. The van der Waals surface area contributed by atoms with E-state index in [2.05, 4.69) is 25.8 Å². The van der Waals surface area contributed by atoms with Crippen molar-refractivity contribution in [2.45, 2.75) is 33.0 Å². The lowest BCUT2D eigenvalue weighted by molar-refractivity contribution is 0.223. The Morgan fingerprint density at radius 3 is 2.88 bits per heavy atom. The van der Waals surface area contributed by atoms with Crippen LogP contribution in [0.25, 0.3) is 0 Å². The van der Waals surface area contributed by atoms with Crippen molar-refractivity contribution in [2.75, 3.05) is 13.6 Å². The van der Waals surface area contributed by atoms with Crippen LogP contribution in [-0.2, 0) is 13.1 Å². The van der Waals surface area contributed by atoms with Crippen LogP contribution >= 0.6 is 24.0 Å². The molecule has 7 nitrogen and oxygen atoms in total. The van der Waals surface area contributed by atoms with Gasteiger partial charge in [-0.15, -0.1) is 34.2 Å². The summed E-state index contributed by atoms with van der Waals surface area (Å²) in [6, 6.07) is 6.09. The van der Waals surface area contributed by atoms with Crippen LogP contribution in [0.1, 0.15) is 19.7 Å². The lowest BCUT2D eigenvalue weighted by Gasteiger charge is -2.17. The van der Waals surface area contributed by atoms with Crippen molar-refractivity contribution in [3.05, 3.63) is 42.2 Å². The molecule has 0 aliphatic carbocycles. The van der Waals surface area contributed by atoms with Crippen molar-refractivity contribution < 1.29 is 9.13 Å². The molecule has 1 unspecified atom stereocenters. The summed E-state index contributed by atoms with van der Waals surface area (Å²) in [5.41, 5.74) is 0. The van der Waals surface area contributed by atoms with Gasteiger partial charge in [0.1, 0.15) is 24.0 Å². The number of benzene rings is 1. The molecule has 1 aromatic heterocycles. The van der Waals surface area contributed by atoms with Gasteiger partial charge in [-0.05, 0) is 26.0 Å². The van der Waals surface area contributed by atoms with Crippen LogP contribution in [0.3, 0.4) is 0 Å². The molecule has 0 amide bonds. The minimum atomic E-state index is -0.315. The molecule has 0 aliphatic heterocycles. The van der Waals surface area contributed by atoms with Gasteiger partial charge < -0.3 is 19.9 Å². The predicted molar refractivity (Wildman–Crippen MR) is 106 cm³/mol. The van der Waals surface area contributed by atoms with Crippen LogP contribution < -0.4 is 15.4 Å². The molecule has 0 saturated heterocycles. The van der Waals surface area contributed by atoms with Gasteiger partial charge in [-0.3, -0.25) is 4.99 Å². The molecule has 1 heterocycles. The van der Waals surface area contributed by atoms with Crippen LogP contribution in [0.2, 0.25) is 0 Å². The number of nitrogens with zero attached hydrogens (tertiary/aromatic N) is 4. The van der Waals surface area contributed by atoms with Gasteiger partial charge in [-0.1, -0.05) is 6.07 Å². The first kappa shape index (κ1) is 21.1. The highest BCUT2D eigenvalue weighted by Gasteiger charge is 2.08. The van der Waals surface area contributed by atoms with E-state index >= 15 is 0 Å². The summed E-state index contributed by atoms with van der Waals surface area (Å²) in [7, 11) is 1.69. The molecular weight excluding hydrogens is 438 g/mol. The molecule has 2 rings (SSSR count). The van der Waals surface area contributed by atoms with Crippen LogP contribution in [0.15, 0.2) is 35.6 Å². The monoisotopic (exact) mass is 462 g/mol. The molecule has 0 saturated carbocycles. The fourth-order valence-electron chi connectivity index (χ4n) is 2.12. The summed E-state index contributed by atoms with van der Waals surface area (Å²) < 4.78 is 20.8. The van der Waals surface area contributed by atoms with E-state index in [1.807, 2.05) is 18.4 Å². The van der Waals surface area contributed by atoms with Gasteiger partial charge in [0.15, 0.2) is 11.8 Å². The fourth-order valence-corrected chi connectivity index (χ4v) is 2.12. The Labute approximate surface area is 164 Å². The van der Waals surface area contributed by atoms with Gasteiger partial charge in [0.2, 0.25) is 0 Å². The maximum atomic E-state index is 13.1. The van der Waals surface area contributed by atoms with Crippen molar-refractivity contribution in [3.8, 4) is 5.75 Å². The Bertz CT molecular complexity index is 678. The summed E-state index contributed by atoms with van der Waals surface area (Å²) in [5, 5.41) is 14.3. The van der Waals surface area contributed by atoms with Crippen LogP contribution in [0, 0.1) is 5.82 Å². The number of hydrogen-bond donors (Lipinski definition) is 2. The van der Waals surface area contributed by atoms with Gasteiger partial charge >= 0.3 is 0 Å². The average molecular weight is 462 g/mol. The lowest BCUT2D eigenvalue weighted by Crippen LogP contribution is -2.41. The maximum absolute atomic E-state index is 13.1. The number of hydrogen-bond acceptors (Lipinski definition) is 4. The van der Waals surface area contributed by atoms with Crippen molar-refractivity contribution in [3.63, 3.8) is 0 Å². The van der Waals surface area contributed by atoms with Crippen molar-refractivity contribution in [2.24, 2.45) is 4.99 Å². The SMILES string of the molecule is CCn1cnnc1CNC(=NC)NCC(C)Oc1cccc(F)c1.I. The number of guanidine groups is 1. The van der Waals surface area contributed by atoms with Crippen molar-refractivity contribution in [1.82, 2.24) is 25.4 Å². The topological polar surface area (TPSA) is 76.4 Å². The van der Waals surface area contributed by atoms with Crippen molar-refractivity contribution >= 4 is 29.9 Å². The number of aryl methyl sites for hydroxylation is 1. The smallest absolute Gasteiger partial charge is 0.191 e. The molecule has 0 aliphatic rings. The van der Waals surface area contributed by atoms with Gasteiger partial charge in [0.05, 0.1) is 13.1 Å². The van der Waals surface area contributed by atoms with Crippen LogP contribution in [0.4, 0.5) is 4.39 Å². The summed E-state index contributed by atoms with van der Waals surface area (Å²) in [6.45, 7) is 5.79. The minimum Gasteiger partial charge on any atom is -0.489 e. The minimum absolute atomic E-state index is 0. The first-order chi connectivity index (χ1) is 11.6. The standard InChI is InChI=1S/C16H23FN6O.HI/c1-4-23-11-21-22-15(23)10-20-16(18-3)19-9-12(2)24-14-7-5-6-13(17)8-14;/h5-8,11-12H,4,9-10H2,1-3H3,(H2,18,19,20);1H. The highest BCUT2D eigenvalue weighted by molar-refractivity contribution is 14.0. The quantitative estimate of drug-likeness (QED) is 0.375. The molecule has 1 aromatic carbocycles. The molecule has 0 bridgehead atoms. The number of aliphatic imine (C=N–C) groups is 1. The van der Waals surface area contributed by atoms with E-state index in [0.29, 0.717) is 24.8 Å². The van der Waals surface area contributed by atoms with E-state index in [9.17, 15) is 4.39 Å². The second-order valence-electron chi connectivity index (χ2n) is 5.23. The zero-order valence-electron chi connectivity index (χ0n) is 14.6. The van der Waals surface area contributed by atoms with Gasteiger partial charge in [0, 0.05) is 19.7 Å². The van der Waals surface area contributed by atoms with Crippen molar-refractivity contribution in [1.29, 1.82) is 0 Å². The Balaban J connectivity index is 0.00000312. The number of halogens is 2. The molecule has 2 N–H and O–H groups in total. The van der Waals surface area contributed by atoms with E-state index in [1.165, 1.54) is 12.1 Å². The van der Waals surface area contributed by atoms with E-state index in [-0.39, 0.29) is 35.9 Å². The van der Waals surface area contributed by atoms with Gasteiger partial charge in [0.25, 0.3) is 0 Å². The highest BCUT2D eigenvalue weighted by Crippen LogP contribution is 2.13. The average Bonchev–Trinajstić information content (AvgIpc) is 3.02. The van der Waals surface area contributed by atoms with Crippen LogP contribution in [0.5, 0.6) is 5.75 Å². The molecule has 25 heavy (non-hydrogen) atoms. The summed E-state index contributed by atoms with van der Waals surface area (Å²) in [4.78, 5) is 4.16. The second-order valence-corrected chi connectivity index (χ2v) is 5.23. The molecule has 0 spiro atoms. The third kappa shape index (κ3) is 6.85. The molecule has 0 fully saturated rings. The fraction of sp³-hybridized carbons (Fsp3) is 0.438. The first-order valence-corrected chi connectivity index (χ1v) is 7.85. The summed E-state index contributed by atoms with van der Waals surface area (Å²) in [6.07, 6.45) is 1.55. The number of aromatic nitrogens is 3. The number of rotatable bonds is 7. The maximum Gasteiger partial charge on any atom is 0.191 e. The molecular formula is C16H24FIN6O. The van der Waals surface area contributed by atoms with E-state index in [0.717, 1.165) is 12.4 Å². The largest absolute Gasteiger partial charge is 0.489 e. The Morgan fingerprint density at radius 1 is 1.40 bits per heavy atom. The van der Waals surface area contributed by atoms with E-state index in [4.69, 9.17) is 4.74 Å². The van der Waals surface area contributed by atoms with E-state index < -0.39 is 0 Å². The summed E-state index contributed by atoms with van der Waals surface area (Å²) in [5.74, 6) is 1.66.